The second kappa shape index (κ2) is 5.22. The number of carboxylic acid groups (broad SMARTS) is 1. The first-order valence-electron chi connectivity index (χ1n) is 6.14. The minimum Gasteiger partial charge on any atom is -0.481 e. The van der Waals surface area contributed by atoms with Crippen molar-refractivity contribution in [2.45, 2.75) is 19.8 Å². The molecular formula is C14H15BrN2O2. The molecule has 5 heteroatoms. The zero-order valence-electron chi connectivity index (χ0n) is 10.7. The van der Waals surface area contributed by atoms with E-state index in [4.69, 9.17) is 0 Å². The zero-order chi connectivity index (χ0) is 14.0. The summed E-state index contributed by atoms with van der Waals surface area (Å²) < 4.78 is 0.853. The van der Waals surface area contributed by atoms with Gasteiger partial charge in [0.25, 0.3) is 0 Å². The lowest BCUT2D eigenvalue weighted by molar-refractivity contribution is -0.148. The Kier molecular flexibility index (Phi) is 3.81. The molecule has 0 aliphatic carbocycles. The number of rotatable bonds is 2. The van der Waals surface area contributed by atoms with Crippen LogP contribution in [-0.2, 0) is 4.79 Å². The number of hydrogen-bond acceptors (Lipinski definition) is 3. The molecule has 1 N–H and O–H groups in total. The topological polar surface area (TPSA) is 64.3 Å². The largest absolute Gasteiger partial charge is 0.481 e. The molecule has 1 unspecified atom stereocenters. The number of aliphatic carboxylic acids is 1. The standard InChI is InChI=1S/C14H15BrN2O2/c1-14(13(18)19)5-2-6-17(9-14)12-4-3-11(15)7-10(12)8-16/h3-4,7H,2,5-6,9H2,1H3,(H,18,19). The van der Waals surface area contributed by atoms with Gasteiger partial charge in [-0.25, -0.2) is 0 Å². The van der Waals surface area contributed by atoms with Crippen LogP contribution in [0, 0.1) is 16.7 Å². The van der Waals surface area contributed by atoms with Crippen molar-refractivity contribution in [1.29, 1.82) is 5.26 Å². The Morgan fingerprint density at radius 1 is 1.58 bits per heavy atom. The van der Waals surface area contributed by atoms with Gasteiger partial charge >= 0.3 is 5.97 Å². The van der Waals surface area contributed by atoms with Crippen molar-refractivity contribution in [3.63, 3.8) is 0 Å². The average Bonchev–Trinajstić information content (AvgIpc) is 2.38. The molecule has 1 aliphatic heterocycles. The third kappa shape index (κ3) is 2.74. The van der Waals surface area contributed by atoms with Crippen LogP contribution in [0.3, 0.4) is 0 Å². The van der Waals surface area contributed by atoms with Gasteiger partial charge in [-0.3, -0.25) is 4.79 Å². The number of nitrogens with zero attached hydrogens (tertiary/aromatic N) is 2. The number of piperidine rings is 1. The number of benzene rings is 1. The second-order valence-electron chi connectivity index (χ2n) is 5.16. The van der Waals surface area contributed by atoms with Crippen LogP contribution >= 0.6 is 15.9 Å². The van der Waals surface area contributed by atoms with E-state index in [1.807, 2.05) is 17.0 Å². The molecule has 0 amide bonds. The molecule has 100 valence electrons. The highest BCUT2D eigenvalue weighted by atomic mass is 79.9. The Balaban J connectivity index is 2.33. The van der Waals surface area contributed by atoms with Gasteiger partial charge in [-0.05, 0) is 38.0 Å². The Morgan fingerprint density at radius 3 is 2.95 bits per heavy atom. The number of carbonyl (C=O) groups is 1. The van der Waals surface area contributed by atoms with Crippen molar-refractivity contribution in [1.82, 2.24) is 0 Å². The number of nitriles is 1. The smallest absolute Gasteiger partial charge is 0.311 e. The monoisotopic (exact) mass is 322 g/mol. The number of carboxylic acids is 1. The summed E-state index contributed by atoms with van der Waals surface area (Å²) in [4.78, 5) is 13.4. The third-order valence-electron chi connectivity index (χ3n) is 3.63. The van der Waals surface area contributed by atoms with Crippen LogP contribution in [0.15, 0.2) is 22.7 Å². The fraction of sp³-hybridized carbons (Fsp3) is 0.429. The fourth-order valence-electron chi connectivity index (χ4n) is 2.49. The summed E-state index contributed by atoms with van der Waals surface area (Å²) in [6.07, 6.45) is 1.50. The summed E-state index contributed by atoms with van der Waals surface area (Å²) >= 11 is 3.34. The SMILES string of the molecule is CC1(C(=O)O)CCCN(c2ccc(Br)cc2C#N)C1. The molecule has 1 atom stereocenters. The van der Waals surface area contributed by atoms with Crippen LogP contribution in [0.25, 0.3) is 0 Å². The normalized spacial score (nSPS) is 22.9. The van der Waals surface area contributed by atoms with Crippen molar-refractivity contribution in [3.05, 3.63) is 28.2 Å². The molecule has 1 aliphatic rings. The molecule has 0 saturated carbocycles. The van der Waals surface area contributed by atoms with Gasteiger partial charge in [0, 0.05) is 17.6 Å². The highest BCUT2D eigenvalue weighted by Gasteiger charge is 2.38. The molecular weight excluding hydrogens is 308 g/mol. The van der Waals surface area contributed by atoms with E-state index in [1.165, 1.54) is 0 Å². The van der Waals surface area contributed by atoms with E-state index >= 15 is 0 Å². The Labute approximate surface area is 120 Å². The molecule has 0 aromatic heterocycles. The maximum Gasteiger partial charge on any atom is 0.311 e. The van der Waals surface area contributed by atoms with E-state index in [-0.39, 0.29) is 0 Å². The molecule has 1 fully saturated rings. The number of anilines is 1. The lowest BCUT2D eigenvalue weighted by atomic mass is 9.81. The van der Waals surface area contributed by atoms with E-state index < -0.39 is 11.4 Å². The highest BCUT2D eigenvalue weighted by molar-refractivity contribution is 9.10. The molecule has 19 heavy (non-hydrogen) atoms. The summed E-state index contributed by atoms with van der Waals surface area (Å²) in [6.45, 7) is 3.00. The minimum atomic E-state index is -0.771. The van der Waals surface area contributed by atoms with Gasteiger partial charge in [-0.15, -0.1) is 0 Å². The molecule has 0 bridgehead atoms. The van der Waals surface area contributed by atoms with Gasteiger partial charge in [0.15, 0.2) is 0 Å². The maximum absolute atomic E-state index is 11.4. The molecule has 4 nitrogen and oxygen atoms in total. The van der Waals surface area contributed by atoms with E-state index in [0.717, 1.165) is 23.1 Å². The summed E-state index contributed by atoms with van der Waals surface area (Å²) in [7, 11) is 0. The summed E-state index contributed by atoms with van der Waals surface area (Å²) in [5, 5.41) is 18.5. The second-order valence-corrected chi connectivity index (χ2v) is 6.08. The maximum atomic E-state index is 11.4. The van der Waals surface area contributed by atoms with Crippen LogP contribution in [0.2, 0.25) is 0 Å². The van der Waals surface area contributed by atoms with Crippen molar-refractivity contribution in [2.24, 2.45) is 5.41 Å². The highest BCUT2D eigenvalue weighted by Crippen LogP contribution is 2.34. The summed E-state index contributed by atoms with van der Waals surface area (Å²) in [5.41, 5.74) is 0.653. The van der Waals surface area contributed by atoms with Gasteiger partial charge in [-0.1, -0.05) is 15.9 Å². The lowest BCUT2D eigenvalue weighted by Gasteiger charge is -2.39. The number of hydrogen-bond donors (Lipinski definition) is 1. The van der Waals surface area contributed by atoms with Crippen LogP contribution in [0.1, 0.15) is 25.3 Å². The predicted octanol–water partition coefficient (Wildman–Crippen LogP) is 3.01. The van der Waals surface area contributed by atoms with Gasteiger partial charge in [0.2, 0.25) is 0 Å². The summed E-state index contributed by atoms with van der Waals surface area (Å²) in [6, 6.07) is 7.69. The van der Waals surface area contributed by atoms with E-state index in [0.29, 0.717) is 18.5 Å². The Bertz CT molecular complexity index is 553. The molecule has 1 aromatic rings. The van der Waals surface area contributed by atoms with Crippen molar-refractivity contribution < 1.29 is 9.90 Å². The van der Waals surface area contributed by atoms with Gasteiger partial charge in [0.05, 0.1) is 16.7 Å². The first kappa shape index (κ1) is 13.9. The van der Waals surface area contributed by atoms with Crippen LogP contribution < -0.4 is 4.90 Å². The van der Waals surface area contributed by atoms with Crippen LogP contribution in [0.5, 0.6) is 0 Å². The molecule has 1 aromatic carbocycles. The predicted molar refractivity (Wildman–Crippen MR) is 76.0 cm³/mol. The van der Waals surface area contributed by atoms with Crippen LogP contribution in [-0.4, -0.2) is 24.2 Å². The van der Waals surface area contributed by atoms with Crippen LogP contribution in [0.4, 0.5) is 5.69 Å². The van der Waals surface area contributed by atoms with Gasteiger partial charge in [0.1, 0.15) is 6.07 Å². The Morgan fingerprint density at radius 2 is 2.32 bits per heavy atom. The molecule has 0 spiro atoms. The van der Waals surface area contributed by atoms with E-state index in [9.17, 15) is 15.2 Å². The fourth-order valence-corrected chi connectivity index (χ4v) is 2.85. The first-order chi connectivity index (χ1) is 8.96. The molecule has 2 rings (SSSR count). The van der Waals surface area contributed by atoms with Crippen molar-refractivity contribution in [2.75, 3.05) is 18.0 Å². The molecule has 1 heterocycles. The molecule has 1 saturated heterocycles. The third-order valence-corrected chi connectivity index (χ3v) is 4.13. The lowest BCUT2D eigenvalue weighted by Crippen LogP contribution is -2.46. The summed E-state index contributed by atoms with van der Waals surface area (Å²) in [5.74, 6) is -0.771. The first-order valence-corrected chi connectivity index (χ1v) is 6.93. The van der Waals surface area contributed by atoms with Gasteiger partial charge in [-0.2, -0.15) is 5.26 Å². The minimum absolute atomic E-state index is 0.443. The van der Waals surface area contributed by atoms with E-state index in [1.54, 1.807) is 13.0 Å². The van der Waals surface area contributed by atoms with Crippen molar-refractivity contribution in [3.8, 4) is 6.07 Å². The van der Waals surface area contributed by atoms with Crippen molar-refractivity contribution >= 4 is 27.6 Å². The zero-order valence-corrected chi connectivity index (χ0v) is 12.3. The van der Waals surface area contributed by atoms with Gasteiger partial charge < -0.3 is 10.0 Å². The number of halogens is 1. The Hall–Kier alpha value is -1.54. The average molecular weight is 323 g/mol. The molecule has 0 radical (unpaired) electrons. The quantitative estimate of drug-likeness (QED) is 0.909. The van der Waals surface area contributed by atoms with E-state index in [2.05, 4.69) is 22.0 Å².